The van der Waals surface area contributed by atoms with Crippen molar-refractivity contribution in [3.05, 3.63) is 29.8 Å². The molecule has 94 valence electrons. The third kappa shape index (κ3) is 3.47. The summed E-state index contributed by atoms with van der Waals surface area (Å²) in [7, 11) is 0. The summed E-state index contributed by atoms with van der Waals surface area (Å²) in [5.74, 6) is 1.85. The summed E-state index contributed by atoms with van der Waals surface area (Å²) in [6.07, 6.45) is 6.81. The molecular formula is C15H23NO. The highest BCUT2D eigenvalue weighted by Crippen LogP contribution is 2.29. The Morgan fingerprint density at radius 2 is 2.00 bits per heavy atom. The van der Waals surface area contributed by atoms with E-state index in [0.29, 0.717) is 12.6 Å². The maximum atomic E-state index is 6.05. The minimum absolute atomic E-state index is 0.414. The van der Waals surface area contributed by atoms with Crippen LogP contribution in [0.15, 0.2) is 24.3 Å². The predicted molar refractivity (Wildman–Crippen MR) is 71.0 cm³/mol. The highest BCUT2D eigenvalue weighted by atomic mass is 16.5. The van der Waals surface area contributed by atoms with E-state index in [1.165, 1.54) is 32.1 Å². The van der Waals surface area contributed by atoms with Gasteiger partial charge in [0.1, 0.15) is 5.75 Å². The molecule has 1 fully saturated rings. The molecule has 0 spiro atoms. The quantitative estimate of drug-likeness (QED) is 0.864. The molecule has 2 rings (SSSR count). The van der Waals surface area contributed by atoms with E-state index in [2.05, 4.69) is 19.1 Å². The van der Waals surface area contributed by atoms with Crippen LogP contribution in [-0.4, -0.2) is 6.10 Å². The zero-order valence-electron chi connectivity index (χ0n) is 10.7. The van der Waals surface area contributed by atoms with Gasteiger partial charge >= 0.3 is 0 Å². The van der Waals surface area contributed by atoms with Crippen molar-refractivity contribution in [2.24, 2.45) is 11.7 Å². The lowest BCUT2D eigenvalue weighted by Crippen LogP contribution is -2.25. The molecule has 1 aliphatic carbocycles. The second-order valence-corrected chi connectivity index (χ2v) is 5.03. The van der Waals surface area contributed by atoms with Gasteiger partial charge < -0.3 is 10.5 Å². The van der Waals surface area contributed by atoms with Crippen LogP contribution in [0.1, 0.15) is 44.6 Å². The summed E-state index contributed by atoms with van der Waals surface area (Å²) in [5.41, 5.74) is 6.74. The van der Waals surface area contributed by atoms with Gasteiger partial charge in [0.05, 0.1) is 6.10 Å². The summed E-state index contributed by atoms with van der Waals surface area (Å²) >= 11 is 0. The lowest BCUT2D eigenvalue weighted by molar-refractivity contribution is 0.122. The highest BCUT2D eigenvalue weighted by molar-refractivity contribution is 5.27. The third-order valence-corrected chi connectivity index (χ3v) is 3.77. The molecule has 1 saturated carbocycles. The molecule has 2 heteroatoms. The molecule has 2 nitrogen and oxygen atoms in total. The Morgan fingerprint density at radius 3 is 2.65 bits per heavy atom. The summed E-state index contributed by atoms with van der Waals surface area (Å²) in [4.78, 5) is 0. The molecule has 17 heavy (non-hydrogen) atoms. The number of hydrogen-bond acceptors (Lipinski definition) is 2. The van der Waals surface area contributed by atoms with Crippen molar-refractivity contribution in [3.63, 3.8) is 0 Å². The molecule has 0 amide bonds. The van der Waals surface area contributed by atoms with Crippen molar-refractivity contribution < 1.29 is 4.74 Å². The fourth-order valence-corrected chi connectivity index (χ4v) is 2.62. The lowest BCUT2D eigenvalue weighted by atomic mass is 9.85. The fourth-order valence-electron chi connectivity index (χ4n) is 2.62. The van der Waals surface area contributed by atoms with Crippen molar-refractivity contribution in [2.75, 3.05) is 0 Å². The van der Waals surface area contributed by atoms with Crippen molar-refractivity contribution in [1.82, 2.24) is 0 Å². The van der Waals surface area contributed by atoms with Crippen molar-refractivity contribution in [2.45, 2.75) is 51.7 Å². The van der Waals surface area contributed by atoms with Crippen molar-refractivity contribution >= 4 is 0 Å². The number of nitrogens with two attached hydrogens (primary N) is 1. The Hall–Kier alpha value is -1.02. The number of ether oxygens (including phenoxy) is 1. The van der Waals surface area contributed by atoms with Crippen LogP contribution in [0.4, 0.5) is 0 Å². The predicted octanol–water partition coefficient (Wildman–Crippen LogP) is 3.49. The molecule has 0 saturated heterocycles. The third-order valence-electron chi connectivity index (χ3n) is 3.77. The SMILES string of the molecule is CCC1CCCC(Oc2ccc(CN)cc2)C1. The van der Waals surface area contributed by atoms with Gasteiger partial charge in [-0.25, -0.2) is 0 Å². The fraction of sp³-hybridized carbons (Fsp3) is 0.600. The first-order chi connectivity index (χ1) is 8.31. The lowest BCUT2D eigenvalue weighted by Gasteiger charge is -2.29. The average Bonchev–Trinajstić information content (AvgIpc) is 2.40. The maximum Gasteiger partial charge on any atom is 0.119 e. The van der Waals surface area contributed by atoms with Crippen molar-refractivity contribution in [3.8, 4) is 5.75 Å². The van der Waals surface area contributed by atoms with Gasteiger partial charge in [0.15, 0.2) is 0 Å². The molecule has 0 aromatic heterocycles. The zero-order valence-corrected chi connectivity index (χ0v) is 10.7. The van der Waals surface area contributed by atoms with E-state index in [0.717, 1.165) is 17.2 Å². The first-order valence-electron chi connectivity index (χ1n) is 6.77. The molecule has 0 bridgehead atoms. The summed E-state index contributed by atoms with van der Waals surface area (Å²) < 4.78 is 6.05. The summed E-state index contributed by atoms with van der Waals surface area (Å²) in [6.45, 7) is 2.88. The van der Waals surface area contributed by atoms with E-state index < -0.39 is 0 Å². The molecule has 1 aliphatic rings. The van der Waals surface area contributed by atoms with E-state index in [1.54, 1.807) is 0 Å². The van der Waals surface area contributed by atoms with Crippen LogP contribution in [0, 0.1) is 5.92 Å². The van der Waals surface area contributed by atoms with Gasteiger partial charge in [0.2, 0.25) is 0 Å². The van der Waals surface area contributed by atoms with Gasteiger partial charge in [-0.3, -0.25) is 0 Å². The maximum absolute atomic E-state index is 6.05. The molecule has 0 radical (unpaired) electrons. The molecule has 1 aromatic carbocycles. The molecule has 0 heterocycles. The van der Waals surface area contributed by atoms with E-state index in [1.807, 2.05) is 12.1 Å². The molecule has 0 aliphatic heterocycles. The summed E-state index contributed by atoms with van der Waals surface area (Å²) in [6, 6.07) is 8.18. The second kappa shape index (κ2) is 6.06. The topological polar surface area (TPSA) is 35.2 Å². The molecule has 2 N–H and O–H groups in total. The standard InChI is InChI=1S/C15H23NO/c1-2-12-4-3-5-15(10-12)17-14-8-6-13(11-16)7-9-14/h6-9,12,15H,2-5,10-11,16H2,1H3. The Balaban J connectivity index is 1.90. The average molecular weight is 233 g/mol. The van der Waals surface area contributed by atoms with E-state index in [9.17, 15) is 0 Å². The van der Waals surface area contributed by atoms with E-state index in [-0.39, 0.29) is 0 Å². The summed E-state index contributed by atoms with van der Waals surface area (Å²) in [5, 5.41) is 0. The van der Waals surface area contributed by atoms with Gasteiger partial charge in [-0.05, 0) is 42.9 Å². The Labute approximate surface area is 104 Å². The first-order valence-corrected chi connectivity index (χ1v) is 6.77. The second-order valence-electron chi connectivity index (χ2n) is 5.03. The van der Waals surface area contributed by atoms with Crippen LogP contribution >= 0.6 is 0 Å². The number of rotatable bonds is 4. The monoisotopic (exact) mass is 233 g/mol. The van der Waals surface area contributed by atoms with E-state index in [4.69, 9.17) is 10.5 Å². The van der Waals surface area contributed by atoms with Crippen LogP contribution in [0.25, 0.3) is 0 Å². The van der Waals surface area contributed by atoms with Crippen LogP contribution in [0.2, 0.25) is 0 Å². The Bertz CT molecular complexity index is 333. The van der Waals surface area contributed by atoms with Crippen LogP contribution in [0.5, 0.6) is 5.75 Å². The number of benzene rings is 1. The van der Waals surface area contributed by atoms with Crippen LogP contribution < -0.4 is 10.5 Å². The number of hydrogen-bond donors (Lipinski definition) is 1. The van der Waals surface area contributed by atoms with Crippen LogP contribution in [-0.2, 0) is 6.54 Å². The smallest absolute Gasteiger partial charge is 0.119 e. The van der Waals surface area contributed by atoms with Gasteiger partial charge in [-0.1, -0.05) is 31.9 Å². The van der Waals surface area contributed by atoms with Gasteiger partial charge in [0, 0.05) is 6.54 Å². The molecular weight excluding hydrogens is 210 g/mol. The first kappa shape index (κ1) is 12.4. The van der Waals surface area contributed by atoms with E-state index >= 15 is 0 Å². The Kier molecular flexibility index (Phi) is 4.43. The van der Waals surface area contributed by atoms with Gasteiger partial charge in [0.25, 0.3) is 0 Å². The largest absolute Gasteiger partial charge is 0.490 e. The Morgan fingerprint density at radius 1 is 1.24 bits per heavy atom. The molecule has 1 aromatic rings. The van der Waals surface area contributed by atoms with Gasteiger partial charge in [-0.2, -0.15) is 0 Å². The zero-order chi connectivity index (χ0) is 12.1. The highest BCUT2D eigenvalue weighted by Gasteiger charge is 2.21. The minimum Gasteiger partial charge on any atom is -0.490 e. The molecule has 2 unspecified atom stereocenters. The van der Waals surface area contributed by atoms with Crippen LogP contribution in [0.3, 0.4) is 0 Å². The van der Waals surface area contributed by atoms with Gasteiger partial charge in [-0.15, -0.1) is 0 Å². The minimum atomic E-state index is 0.414. The van der Waals surface area contributed by atoms with Crippen molar-refractivity contribution in [1.29, 1.82) is 0 Å². The normalized spacial score (nSPS) is 24.6. The molecule has 2 atom stereocenters.